The maximum atomic E-state index is 5.71. The molecule has 0 radical (unpaired) electrons. The molecule has 1 aliphatic rings. The molecule has 272 valence electrons. The lowest BCUT2D eigenvalue weighted by atomic mass is 10.0. The summed E-state index contributed by atoms with van der Waals surface area (Å²) in [6.45, 7) is 18.3. The van der Waals surface area contributed by atoms with Crippen LogP contribution in [0.5, 0.6) is 0 Å². The fraction of sp³-hybridized carbons (Fsp3) is 0.783. The van der Waals surface area contributed by atoms with Gasteiger partial charge in [0.15, 0.2) is 0 Å². The van der Waals surface area contributed by atoms with Crippen LogP contribution in [0, 0.1) is 0 Å². The number of hydrogen-bond acceptors (Lipinski definition) is 1. The molecule has 1 aliphatic heterocycles. The first-order chi connectivity index (χ1) is 22.6. The zero-order chi connectivity index (χ0) is 34.6. The van der Waals surface area contributed by atoms with E-state index in [4.69, 9.17) is 4.74 Å². The fourth-order valence-corrected chi connectivity index (χ4v) is 6.68. The minimum absolute atomic E-state index is 0.129. The summed E-state index contributed by atoms with van der Waals surface area (Å²) in [5, 5.41) is 0. The molecular formula is C46H82O. The van der Waals surface area contributed by atoms with Crippen LogP contribution >= 0.6 is 0 Å². The summed E-state index contributed by atoms with van der Waals surface area (Å²) in [4.78, 5) is 0. The standard InChI is InChI=1S/C46H82O/c1-9-10-11-12-13-14-15-16-17-18-19-20-21-22-23-29-40(2)32-26-35-43(5)36-27-33-41(3)30-24-25-31-42(4)34-28-37-44(6)38-39-45-46(7,8)47-45/h30-32,36-37,45H,9-29,33-35,38-39H2,1-8H3/b40-32?,41-30+,42-31+,43-36+,44-37+. The maximum Gasteiger partial charge on any atom is 0.0892 e. The summed E-state index contributed by atoms with van der Waals surface area (Å²) in [6.07, 6.45) is 47.6. The van der Waals surface area contributed by atoms with Gasteiger partial charge < -0.3 is 4.74 Å². The number of hydrogen-bond donors (Lipinski definition) is 0. The Kier molecular flexibility index (Phi) is 26.5. The third-order valence-electron chi connectivity index (χ3n) is 10.4. The van der Waals surface area contributed by atoms with Crippen LogP contribution in [0.2, 0.25) is 0 Å². The molecule has 1 unspecified atom stereocenters. The first kappa shape index (κ1) is 43.7. The van der Waals surface area contributed by atoms with Crippen molar-refractivity contribution in [3.8, 4) is 0 Å². The predicted octanol–water partition coefficient (Wildman–Crippen LogP) is 16.1. The highest BCUT2D eigenvalue weighted by molar-refractivity contribution is 5.08. The summed E-state index contributed by atoms with van der Waals surface area (Å²) < 4.78 is 5.71. The van der Waals surface area contributed by atoms with E-state index in [0.29, 0.717) is 6.10 Å². The van der Waals surface area contributed by atoms with Crippen LogP contribution in [0.3, 0.4) is 0 Å². The smallest absolute Gasteiger partial charge is 0.0892 e. The van der Waals surface area contributed by atoms with Gasteiger partial charge in [-0.05, 0) is 126 Å². The van der Waals surface area contributed by atoms with Crippen LogP contribution < -0.4 is 0 Å². The van der Waals surface area contributed by atoms with E-state index >= 15 is 0 Å². The zero-order valence-electron chi connectivity index (χ0n) is 33.3. The second-order valence-electron chi connectivity index (χ2n) is 15.9. The van der Waals surface area contributed by atoms with E-state index in [1.807, 2.05) is 0 Å². The number of unbranched alkanes of at least 4 members (excludes halogenated alkanes) is 15. The second kappa shape index (κ2) is 28.5. The Labute approximate surface area is 296 Å². The van der Waals surface area contributed by atoms with Gasteiger partial charge in [-0.15, -0.1) is 0 Å². The van der Waals surface area contributed by atoms with Crippen molar-refractivity contribution < 1.29 is 4.74 Å². The summed E-state index contributed by atoms with van der Waals surface area (Å²) >= 11 is 0. The van der Waals surface area contributed by atoms with Crippen LogP contribution in [0.15, 0.2) is 58.2 Å². The average Bonchev–Trinajstić information content (AvgIpc) is 3.65. The Bertz CT molecular complexity index is 923. The lowest BCUT2D eigenvalue weighted by Gasteiger charge is -2.05. The normalized spacial score (nSPS) is 17.5. The molecule has 1 fully saturated rings. The lowest BCUT2D eigenvalue weighted by molar-refractivity contribution is 0.320. The van der Waals surface area contributed by atoms with Crippen molar-refractivity contribution in [1.29, 1.82) is 0 Å². The highest BCUT2D eigenvalue weighted by atomic mass is 16.6. The molecule has 0 aromatic rings. The van der Waals surface area contributed by atoms with E-state index in [-0.39, 0.29) is 5.60 Å². The van der Waals surface area contributed by atoms with Gasteiger partial charge in [-0.25, -0.2) is 0 Å². The van der Waals surface area contributed by atoms with E-state index < -0.39 is 0 Å². The SMILES string of the molecule is CCCCCCCCCCCCCCCCCC(C)=CCC/C(C)=C/CC/C(C)=C/CC/C=C(\C)CC/C=C(\C)CCC1OC1(C)C. The Balaban J connectivity index is 2.00. The summed E-state index contributed by atoms with van der Waals surface area (Å²) in [5.41, 5.74) is 7.88. The molecule has 0 aromatic heterocycles. The highest BCUT2D eigenvalue weighted by Gasteiger charge is 2.46. The van der Waals surface area contributed by atoms with Gasteiger partial charge in [0.25, 0.3) is 0 Å². The Morgan fingerprint density at radius 2 is 0.723 bits per heavy atom. The van der Waals surface area contributed by atoms with Crippen LogP contribution in [-0.4, -0.2) is 11.7 Å². The van der Waals surface area contributed by atoms with E-state index in [1.54, 1.807) is 16.7 Å². The van der Waals surface area contributed by atoms with Gasteiger partial charge in [0.1, 0.15) is 0 Å². The van der Waals surface area contributed by atoms with Crippen molar-refractivity contribution in [2.75, 3.05) is 0 Å². The quantitative estimate of drug-likeness (QED) is 0.0413. The monoisotopic (exact) mass is 651 g/mol. The molecule has 0 bridgehead atoms. The van der Waals surface area contributed by atoms with Crippen molar-refractivity contribution in [3.05, 3.63) is 58.2 Å². The number of rotatable bonds is 31. The Morgan fingerprint density at radius 3 is 1.09 bits per heavy atom. The molecule has 1 heteroatoms. The number of epoxide rings is 1. The van der Waals surface area contributed by atoms with Crippen molar-refractivity contribution in [1.82, 2.24) is 0 Å². The molecule has 0 aromatic carbocycles. The van der Waals surface area contributed by atoms with Gasteiger partial charge in [-0.2, -0.15) is 0 Å². The third kappa shape index (κ3) is 27.2. The van der Waals surface area contributed by atoms with Crippen molar-refractivity contribution >= 4 is 0 Å². The van der Waals surface area contributed by atoms with Gasteiger partial charge in [0, 0.05) is 0 Å². The second-order valence-corrected chi connectivity index (χ2v) is 15.9. The summed E-state index contributed by atoms with van der Waals surface area (Å²) in [5.74, 6) is 0. The highest BCUT2D eigenvalue weighted by Crippen LogP contribution is 2.39. The van der Waals surface area contributed by atoms with Crippen LogP contribution in [0.1, 0.15) is 222 Å². The third-order valence-corrected chi connectivity index (χ3v) is 10.4. The molecule has 1 saturated heterocycles. The molecule has 1 nitrogen and oxygen atoms in total. The van der Waals surface area contributed by atoms with Crippen molar-refractivity contribution in [3.63, 3.8) is 0 Å². The molecule has 0 saturated carbocycles. The minimum Gasteiger partial charge on any atom is -0.367 e. The van der Waals surface area contributed by atoms with Crippen LogP contribution in [0.25, 0.3) is 0 Å². The fourth-order valence-electron chi connectivity index (χ4n) is 6.68. The van der Waals surface area contributed by atoms with E-state index in [1.165, 1.54) is 178 Å². The van der Waals surface area contributed by atoms with Gasteiger partial charge in [0.05, 0.1) is 11.7 Å². The maximum absolute atomic E-state index is 5.71. The van der Waals surface area contributed by atoms with Gasteiger partial charge >= 0.3 is 0 Å². The molecule has 1 atom stereocenters. The molecule has 0 N–H and O–H groups in total. The minimum atomic E-state index is 0.129. The zero-order valence-corrected chi connectivity index (χ0v) is 33.3. The van der Waals surface area contributed by atoms with Gasteiger partial charge in [0.2, 0.25) is 0 Å². The topological polar surface area (TPSA) is 12.5 Å². The van der Waals surface area contributed by atoms with Crippen LogP contribution in [0.4, 0.5) is 0 Å². The van der Waals surface area contributed by atoms with Gasteiger partial charge in [-0.1, -0.05) is 155 Å². The molecule has 1 rings (SSSR count). The molecule has 0 spiro atoms. The molecule has 0 aliphatic carbocycles. The largest absolute Gasteiger partial charge is 0.367 e. The first-order valence-corrected chi connectivity index (χ1v) is 20.6. The number of ether oxygens (including phenoxy) is 1. The van der Waals surface area contributed by atoms with E-state index in [9.17, 15) is 0 Å². The van der Waals surface area contributed by atoms with Crippen LogP contribution in [-0.2, 0) is 4.74 Å². The Morgan fingerprint density at radius 1 is 0.426 bits per heavy atom. The van der Waals surface area contributed by atoms with E-state index in [0.717, 1.165) is 0 Å². The summed E-state index contributed by atoms with van der Waals surface area (Å²) in [6, 6.07) is 0. The molecule has 1 heterocycles. The molecule has 0 amide bonds. The Hall–Kier alpha value is -1.34. The average molecular weight is 651 g/mol. The lowest BCUT2D eigenvalue weighted by Crippen LogP contribution is -2.02. The van der Waals surface area contributed by atoms with Crippen molar-refractivity contribution in [2.24, 2.45) is 0 Å². The molecule has 47 heavy (non-hydrogen) atoms. The van der Waals surface area contributed by atoms with E-state index in [2.05, 4.69) is 85.8 Å². The summed E-state index contributed by atoms with van der Waals surface area (Å²) in [7, 11) is 0. The van der Waals surface area contributed by atoms with Gasteiger partial charge in [-0.3, -0.25) is 0 Å². The predicted molar refractivity (Wildman–Crippen MR) is 213 cm³/mol. The van der Waals surface area contributed by atoms with Crippen molar-refractivity contribution in [2.45, 2.75) is 234 Å². The molecular weight excluding hydrogens is 569 g/mol. The number of allylic oxidation sites excluding steroid dienone is 10. The first-order valence-electron chi connectivity index (χ1n) is 20.6.